The lowest BCUT2D eigenvalue weighted by Crippen LogP contribution is -2.53. The first-order chi connectivity index (χ1) is 11.2. The van der Waals surface area contributed by atoms with Crippen LogP contribution in [0.2, 0.25) is 0 Å². The molecule has 2 saturated carbocycles. The predicted molar refractivity (Wildman–Crippen MR) is 92.0 cm³/mol. The third-order valence-corrected chi connectivity index (χ3v) is 6.37. The van der Waals surface area contributed by atoms with E-state index in [2.05, 4.69) is 34.5 Å². The number of likely N-dealkylation sites (tertiary alicyclic amines) is 1. The smallest absolute Gasteiger partial charge is 0.234 e. The Bertz CT molecular complexity index is 591. The first-order valence-electron chi connectivity index (χ1n) is 9.05. The van der Waals surface area contributed by atoms with Gasteiger partial charge in [0.1, 0.15) is 0 Å². The van der Waals surface area contributed by atoms with Crippen LogP contribution in [-0.2, 0) is 11.3 Å². The van der Waals surface area contributed by atoms with Crippen molar-refractivity contribution in [2.24, 2.45) is 11.1 Å². The molecule has 4 heteroatoms. The normalized spacial score (nSPS) is 29.0. The second-order valence-corrected chi connectivity index (χ2v) is 7.68. The molecule has 2 atom stereocenters. The first-order valence-corrected chi connectivity index (χ1v) is 9.05. The van der Waals surface area contributed by atoms with Crippen LogP contribution in [-0.4, -0.2) is 29.4 Å². The molecule has 1 spiro atoms. The van der Waals surface area contributed by atoms with Crippen molar-refractivity contribution in [3.8, 4) is 0 Å². The van der Waals surface area contributed by atoms with E-state index in [0.717, 1.165) is 25.9 Å². The van der Waals surface area contributed by atoms with Gasteiger partial charge in [-0.3, -0.25) is 9.69 Å². The van der Waals surface area contributed by atoms with Gasteiger partial charge in [0.15, 0.2) is 0 Å². The highest BCUT2D eigenvalue weighted by Gasteiger charge is 2.50. The maximum atomic E-state index is 11.5. The van der Waals surface area contributed by atoms with Crippen LogP contribution in [0.4, 0.5) is 5.69 Å². The molecule has 1 aromatic carbocycles. The van der Waals surface area contributed by atoms with Crippen LogP contribution in [0.1, 0.15) is 50.5 Å². The van der Waals surface area contributed by atoms with Crippen molar-refractivity contribution in [2.45, 2.75) is 63.6 Å². The van der Waals surface area contributed by atoms with E-state index in [-0.39, 0.29) is 11.9 Å². The molecular weight excluding hydrogens is 286 g/mol. The average Bonchev–Trinajstić information content (AvgIpc) is 2.91. The Hall–Kier alpha value is -1.55. The summed E-state index contributed by atoms with van der Waals surface area (Å²) in [5.41, 5.74) is 8.63. The maximum absolute atomic E-state index is 11.5. The van der Waals surface area contributed by atoms with Gasteiger partial charge >= 0.3 is 0 Å². The molecule has 124 valence electrons. The van der Waals surface area contributed by atoms with E-state index in [4.69, 9.17) is 5.73 Å². The monoisotopic (exact) mass is 313 g/mol. The van der Waals surface area contributed by atoms with Gasteiger partial charge in [-0.25, -0.2) is 0 Å². The molecular formula is C19H27N3O. The minimum Gasteiger partial charge on any atom is -0.382 e. The molecule has 3 N–H and O–H groups in total. The number of hydrogen-bond acceptors (Lipinski definition) is 3. The largest absolute Gasteiger partial charge is 0.382 e. The van der Waals surface area contributed by atoms with Crippen LogP contribution in [0.5, 0.6) is 0 Å². The van der Waals surface area contributed by atoms with Crippen molar-refractivity contribution in [3.63, 3.8) is 0 Å². The Morgan fingerprint density at radius 1 is 1.26 bits per heavy atom. The number of anilines is 1. The molecule has 23 heavy (non-hydrogen) atoms. The van der Waals surface area contributed by atoms with Crippen LogP contribution >= 0.6 is 0 Å². The van der Waals surface area contributed by atoms with Crippen molar-refractivity contribution in [1.29, 1.82) is 0 Å². The number of benzene rings is 1. The lowest BCUT2D eigenvalue weighted by Gasteiger charge is -2.56. The number of nitrogens with zero attached hydrogens (tertiary/aromatic N) is 1. The number of nitrogens with one attached hydrogen (secondary N) is 1. The summed E-state index contributed by atoms with van der Waals surface area (Å²) in [6, 6.07) is 9.28. The second-order valence-electron chi connectivity index (χ2n) is 7.68. The van der Waals surface area contributed by atoms with E-state index >= 15 is 0 Å². The van der Waals surface area contributed by atoms with E-state index in [0.29, 0.717) is 11.5 Å². The summed E-state index contributed by atoms with van der Waals surface area (Å²) < 4.78 is 0. The number of hydrogen-bond donors (Lipinski definition) is 2. The standard InChI is InChI=1S/C19H27N3O/c20-18(23)16-6-2-11-22(16)13-14-4-1-5-15(12-14)21-17-7-10-19(17)8-3-9-19/h1,4-5,12,16-17,21H,2-3,6-11,13H2,(H2,20,23)/t16-,17+/m1/s1. The lowest BCUT2D eigenvalue weighted by molar-refractivity contribution is -0.122. The molecule has 3 fully saturated rings. The van der Waals surface area contributed by atoms with Gasteiger partial charge in [0.2, 0.25) is 5.91 Å². The van der Waals surface area contributed by atoms with E-state index in [9.17, 15) is 4.79 Å². The average molecular weight is 313 g/mol. The van der Waals surface area contributed by atoms with Crippen molar-refractivity contribution < 1.29 is 4.79 Å². The lowest BCUT2D eigenvalue weighted by atomic mass is 9.53. The summed E-state index contributed by atoms with van der Waals surface area (Å²) in [6.45, 7) is 1.79. The van der Waals surface area contributed by atoms with Crippen molar-refractivity contribution >= 4 is 11.6 Å². The number of carbonyl (C=O) groups excluding carboxylic acids is 1. The highest BCUT2D eigenvalue weighted by atomic mass is 16.1. The van der Waals surface area contributed by atoms with Crippen LogP contribution in [0.15, 0.2) is 24.3 Å². The van der Waals surface area contributed by atoms with Crippen molar-refractivity contribution in [3.05, 3.63) is 29.8 Å². The minimum atomic E-state index is -0.182. The van der Waals surface area contributed by atoms with E-state index in [1.54, 1.807) is 0 Å². The summed E-state index contributed by atoms with van der Waals surface area (Å²) in [4.78, 5) is 13.8. The van der Waals surface area contributed by atoms with Crippen molar-refractivity contribution in [2.75, 3.05) is 11.9 Å². The Labute approximate surface area is 138 Å². The van der Waals surface area contributed by atoms with Gasteiger partial charge in [-0.15, -0.1) is 0 Å². The zero-order valence-corrected chi connectivity index (χ0v) is 13.8. The second kappa shape index (κ2) is 5.82. The Kier molecular flexibility index (Phi) is 3.80. The fourth-order valence-electron chi connectivity index (χ4n) is 4.68. The number of rotatable bonds is 5. The minimum absolute atomic E-state index is 0.0866. The predicted octanol–water partition coefficient (Wildman–Crippen LogP) is 2.88. The molecule has 1 aromatic rings. The van der Waals surface area contributed by atoms with Crippen LogP contribution in [0.25, 0.3) is 0 Å². The molecule has 0 unspecified atom stereocenters. The van der Waals surface area contributed by atoms with Gasteiger partial charge in [-0.1, -0.05) is 18.6 Å². The Morgan fingerprint density at radius 2 is 2.13 bits per heavy atom. The topological polar surface area (TPSA) is 58.4 Å². The maximum Gasteiger partial charge on any atom is 0.234 e. The number of nitrogens with two attached hydrogens (primary N) is 1. The number of primary amides is 1. The third kappa shape index (κ3) is 2.74. The van der Waals surface area contributed by atoms with E-state index < -0.39 is 0 Å². The Balaban J connectivity index is 1.41. The van der Waals surface area contributed by atoms with Crippen LogP contribution < -0.4 is 11.1 Å². The first kappa shape index (κ1) is 15.0. The fourth-order valence-corrected chi connectivity index (χ4v) is 4.68. The molecule has 2 aliphatic carbocycles. The van der Waals surface area contributed by atoms with Crippen LogP contribution in [0, 0.1) is 5.41 Å². The van der Waals surface area contributed by atoms with E-state index in [1.165, 1.54) is 43.4 Å². The highest BCUT2D eigenvalue weighted by molar-refractivity contribution is 5.80. The SMILES string of the molecule is NC(=O)[C@H]1CCCN1Cc1cccc(N[C@H]2CCC23CCC3)c1. The Morgan fingerprint density at radius 3 is 2.78 bits per heavy atom. The number of carbonyl (C=O) groups is 1. The van der Waals surface area contributed by atoms with Gasteiger partial charge in [0, 0.05) is 18.3 Å². The number of amides is 1. The van der Waals surface area contributed by atoms with Crippen molar-refractivity contribution in [1.82, 2.24) is 4.90 Å². The zero-order chi connectivity index (χ0) is 15.9. The molecule has 1 heterocycles. The van der Waals surface area contributed by atoms with Gasteiger partial charge in [0.25, 0.3) is 0 Å². The third-order valence-electron chi connectivity index (χ3n) is 6.37. The molecule has 0 aromatic heterocycles. The van der Waals surface area contributed by atoms with Crippen LogP contribution in [0.3, 0.4) is 0 Å². The molecule has 1 aliphatic heterocycles. The quantitative estimate of drug-likeness (QED) is 0.879. The van der Waals surface area contributed by atoms with Gasteiger partial charge in [-0.05, 0) is 68.2 Å². The molecule has 0 radical (unpaired) electrons. The van der Waals surface area contributed by atoms with Gasteiger partial charge < -0.3 is 11.1 Å². The summed E-state index contributed by atoms with van der Waals surface area (Å²) in [6.07, 6.45) is 8.88. The molecule has 1 saturated heterocycles. The molecule has 4 nitrogen and oxygen atoms in total. The molecule has 4 rings (SSSR count). The summed E-state index contributed by atoms with van der Waals surface area (Å²) in [5, 5.41) is 3.76. The molecule has 3 aliphatic rings. The fraction of sp³-hybridized carbons (Fsp3) is 0.632. The molecule has 1 amide bonds. The van der Waals surface area contributed by atoms with Gasteiger partial charge in [-0.2, -0.15) is 0 Å². The summed E-state index contributed by atoms with van der Waals surface area (Å²) in [5.74, 6) is -0.182. The van der Waals surface area contributed by atoms with E-state index in [1.807, 2.05) is 0 Å². The molecule has 0 bridgehead atoms. The summed E-state index contributed by atoms with van der Waals surface area (Å²) >= 11 is 0. The highest BCUT2D eigenvalue weighted by Crippen LogP contribution is 2.56. The summed E-state index contributed by atoms with van der Waals surface area (Å²) in [7, 11) is 0. The zero-order valence-electron chi connectivity index (χ0n) is 13.8. The van der Waals surface area contributed by atoms with Gasteiger partial charge in [0.05, 0.1) is 6.04 Å².